The fourth-order valence-electron chi connectivity index (χ4n) is 1.24. The van der Waals surface area contributed by atoms with Crippen LogP contribution in [0.4, 0.5) is 13.2 Å². The lowest BCUT2D eigenvalue weighted by Crippen LogP contribution is -2.25. The highest BCUT2D eigenvalue weighted by Gasteiger charge is 2.28. The quantitative estimate of drug-likeness (QED) is 0.790. The molecule has 0 amide bonds. The average molecular weight is 222 g/mol. The van der Waals surface area contributed by atoms with Gasteiger partial charge in [-0.2, -0.15) is 0 Å². The van der Waals surface area contributed by atoms with Crippen LogP contribution in [0.5, 0.6) is 0 Å². The van der Waals surface area contributed by atoms with Crippen LogP contribution in [-0.2, 0) is 4.74 Å². The molecule has 6 heteroatoms. The van der Waals surface area contributed by atoms with Crippen LogP contribution in [0.2, 0.25) is 0 Å². The molecule has 0 aliphatic heterocycles. The number of nitrogens with one attached hydrogen (secondary N) is 1. The van der Waals surface area contributed by atoms with E-state index in [4.69, 9.17) is 0 Å². The van der Waals surface area contributed by atoms with Gasteiger partial charge in [-0.05, 0) is 26.0 Å². The number of aryl methyl sites for hydroxylation is 2. The van der Waals surface area contributed by atoms with E-state index in [0.717, 1.165) is 11.4 Å². The first kappa shape index (κ1) is 11.9. The van der Waals surface area contributed by atoms with Gasteiger partial charge in [0.05, 0.1) is 13.2 Å². The minimum Gasteiger partial charge on any atom is -0.324 e. The molecule has 0 spiro atoms. The topological polar surface area (TPSA) is 26.2 Å². The van der Waals surface area contributed by atoms with Crippen molar-refractivity contribution < 1.29 is 17.9 Å². The van der Waals surface area contributed by atoms with Gasteiger partial charge < -0.3 is 5.43 Å². The lowest BCUT2D eigenvalue weighted by atomic mass is 10.5. The minimum atomic E-state index is -4.55. The molecule has 0 aliphatic rings. The van der Waals surface area contributed by atoms with Crippen molar-refractivity contribution in [2.24, 2.45) is 0 Å². The summed E-state index contributed by atoms with van der Waals surface area (Å²) in [6.07, 6.45) is -4.55. The second-order valence-corrected chi connectivity index (χ2v) is 3.15. The van der Waals surface area contributed by atoms with Gasteiger partial charge in [0.25, 0.3) is 0 Å². The summed E-state index contributed by atoms with van der Waals surface area (Å²) in [6, 6.07) is 3.76. The molecule has 86 valence electrons. The van der Waals surface area contributed by atoms with E-state index in [2.05, 4.69) is 10.2 Å². The molecule has 0 unspecified atom stereocenters. The maximum Gasteiger partial charge on any atom is 0.522 e. The van der Waals surface area contributed by atoms with Crippen molar-refractivity contribution >= 4 is 0 Å². The maximum absolute atomic E-state index is 11.6. The fourth-order valence-corrected chi connectivity index (χ4v) is 1.24. The van der Waals surface area contributed by atoms with Crippen LogP contribution in [0.25, 0.3) is 0 Å². The first-order chi connectivity index (χ1) is 6.90. The fraction of sp³-hybridized carbons (Fsp3) is 0.556. The highest BCUT2D eigenvalue weighted by Crippen LogP contribution is 2.15. The smallest absolute Gasteiger partial charge is 0.324 e. The summed E-state index contributed by atoms with van der Waals surface area (Å²) in [6.45, 7) is 3.44. The Bertz CT molecular complexity index is 300. The third kappa shape index (κ3) is 3.83. The predicted molar refractivity (Wildman–Crippen MR) is 50.1 cm³/mol. The average Bonchev–Trinajstić information content (AvgIpc) is 2.40. The largest absolute Gasteiger partial charge is 0.522 e. The Morgan fingerprint density at radius 1 is 1.27 bits per heavy atom. The molecule has 1 heterocycles. The van der Waals surface area contributed by atoms with E-state index < -0.39 is 13.0 Å². The molecule has 0 saturated heterocycles. The minimum absolute atomic E-state index is 0.107. The Hall–Kier alpha value is -1.17. The molecule has 1 N–H and O–H groups in total. The van der Waals surface area contributed by atoms with Crippen LogP contribution in [0.1, 0.15) is 11.4 Å². The Balaban J connectivity index is 2.32. The second-order valence-electron chi connectivity index (χ2n) is 3.15. The number of nitrogens with zero attached hydrogens (tertiary/aromatic N) is 1. The monoisotopic (exact) mass is 222 g/mol. The summed E-state index contributed by atoms with van der Waals surface area (Å²) in [5.41, 5.74) is 4.71. The maximum atomic E-state index is 11.6. The first-order valence-electron chi connectivity index (χ1n) is 4.49. The van der Waals surface area contributed by atoms with Crippen LogP contribution in [0.3, 0.4) is 0 Å². The van der Waals surface area contributed by atoms with E-state index in [9.17, 15) is 13.2 Å². The number of halogens is 3. The molecule has 0 saturated carbocycles. The van der Waals surface area contributed by atoms with E-state index in [1.807, 2.05) is 26.0 Å². The molecule has 0 fully saturated rings. The standard InChI is InChI=1S/C9H13F3N2O/c1-7-3-4-8(2)14(7)13-5-6-15-9(10,11)12/h3-4,13H,5-6H2,1-2H3. The molecule has 1 rings (SSSR count). The van der Waals surface area contributed by atoms with Gasteiger partial charge in [0.15, 0.2) is 0 Å². The summed E-state index contributed by atoms with van der Waals surface area (Å²) in [7, 11) is 0. The van der Waals surface area contributed by atoms with E-state index in [0.29, 0.717) is 0 Å². The number of rotatable bonds is 4. The molecular formula is C9H13F3N2O. The molecule has 15 heavy (non-hydrogen) atoms. The van der Waals surface area contributed by atoms with E-state index in [1.54, 1.807) is 4.68 Å². The predicted octanol–water partition coefficient (Wildman–Crippen LogP) is 2.18. The lowest BCUT2D eigenvalue weighted by Gasteiger charge is -2.13. The van der Waals surface area contributed by atoms with Gasteiger partial charge >= 0.3 is 6.36 Å². The zero-order valence-corrected chi connectivity index (χ0v) is 8.56. The normalized spacial score (nSPS) is 11.8. The third-order valence-corrected chi connectivity index (χ3v) is 1.91. The van der Waals surface area contributed by atoms with Gasteiger partial charge in [-0.1, -0.05) is 0 Å². The highest BCUT2D eigenvalue weighted by molar-refractivity contribution is 5.15. The van der Waals surface area contributed by atoms with Crippen LogP contribution in [0.15, 0.2) is 12.1 Å². The summed E-state index contributed by atoms with van der Waals surface area (Å²) >= 11 is 0. The Kier molecular flexibility index (Phi) is 3.62. The molecular weight excluding hydrogens is 209 g/mol. The van der Waals surface area contributed by atoms with E-state index in [1.165, 1.54) is 0 Å². The summed E-state index contributed by atoms with van der Waals surface area (Å²) < 4.78 is 40.2. The van der Waals surface area contributed by atoms with Gasteiger partial charge in [0.1, 0.15) is 0 Å². The van der Waals surface area contributed by atoms with Crippen LogP contribution in [0, 0.1) is 13.8 Å². The van der Waals surface area contributed by atoms with Crippen molar-refractivity contribution in [1.29, 1.82) is 0 Å². The van der Waals surface area contributed by atoms with E-state index in [-0.39, 0.29) is 6.54 Å². The number of hydrogen-bond acceptors (Lipinski definition) is 2. The van der Waals surface area contributed by atoms with Crippen molar-refractivity contribution in [3.63, 3.8) is 0 Å². The number of hydrogen-bond donors (Lipinski definition) is 1. The Morgan fingerprint density at radius 2 is 1.80 bits per heavy atom. The lowest BCUT2D eigenvalue weighted by molar-refractivity contribution is -0.323. The number of alkyl halides is 3. The first-order valence-corrected chi connectivity index (χ1v) is 4.49. The van der Waals surface area contributed by atoms with Crippen molar-refractivity contribution in [1.82, 2.24) is 4.68 Å². The summed E-state index contributed by atoms with van der Waals surface area (Å²) in [5.74, 6) is 0. The molecule has 0 aromatic carbocycles. The van der Waals surface area contributed by atoms with Crippen molar-refractivity contribution in [3.8, 4) is 0 Å². The Labute approximate surface area is 85.8 Å². The van der Waals surface area contributed by atoms with Crippen LogP contribution < -0.4 is 5.43 Å². The van der Waals surface area contributed by atoms with Gasteiger partial charge in [-0.25, -0.2) is 0 Å². The zero-order chi connectivity index (χ0) is 11.5. The van der Waals surface area contributed by atoms with E-state index >= 15 is 0 Å². The van der Waals surface area contributed by atoms with Gasteiger partial charge in [-0.15, -0.1) is 13.2 Å². The number of aromatic nitrogens is 1. The highest BCUT2D eigenvalue weighted by atomic mass is 19.4. The molecule has 0 aliphatic carbocycles. The van der Waals surface area contributed by atoms with Crippen molar-refractivity contribution in [3.05, 3.63) is 23.5 Å². The Morgan fingerprint density at radius 3 is 2.27 bits per heavy atom. The van der Waals surface area contributed by atoms with Crippen molar-refractivity contribution in [2.45, 2.75) is 20.2 Å². The van der Waals surface area contributed by atoms with Crippen molar-refractivity contribution in [2.75, 3.05) is 18.6 Å². The molecule has 0 bridgehead atoms. The van der Waals surface area contributed by atoms with Crippen LogP contribution >= 0.6 is 0 Å². The van der Waals surface area contributed by atoms with Gasteiger partial charge in [0, 0.05) is 11.4 Å². The SMILES string of the molecule is Cc1ccc(C)n1NCCOC(F)(F)F. The third-order valence-electron chi connectivity index (χ3n) is 1.91. The number of ether oxygens (including phenoxy) is 1. The summed E-state index contributed by atoms with van der Waals surface area (Å²) in [5, 5.41) is 0. The molecule has 0 atom stereocenters. The molecule has 1 aromatic rings. The van der Waals surface area contributed by atoms with Gasteiger partial charge in [-0.3, -0.25) is 9.41 Å². The van der Waals surface area contributed by atoms with Crippen LogP contribution in [-0.4, -0.2) is 24.2 Å². The molecule has 1 aromatic heterocycles. The molecule has 0 radical (unpaired) electrons. The summed E-state index contributed by atoms with van der Waals surface area (Å²) in [4.78, 5) is 0. The van der Waals surface area contributed by atoms with Gasteiger partial charge in [0.2, 0.25) is 0 Å². The molecule has 3 nitrogen and oxygen atoms in total. The second kappa shape index (κ2) is 4.57. The zero-order valence-electron chi connectivity index (χ0n) is 8.56.